The van der Waals surface area contributed by atoms with Crippen molar-refractivity contribution in [3.8, 4) is 5.69 Å². The molecule has 0 saturated carbocycles. The van der Waals surface area contributed by atoms with Crippen molar-refractivity contribution in [2.24, 2.45) is 0 Å². The van der Waals surface area contributed by atoms with E-state index in [2.05, 4.69) is 15.5 Å². The summed E-state index contributed by atoms with van der Waals surface area (Å²) in [5.74, 6) is 0. The Kier molecular flexibility index (Phi) is 4.37. The van der Waals surface area contributed by atoms with E-state index in [0.29, 0.717) is 26.4 Å². The first kappa shape index (κ1) is 13.2. The molecule has 6 nitrogen and oxygen atoms in total. The van der Waals surface area contributed by atoms with E-state index >= 15 is 0 Å². The maximum atomic E-state index is 5.56. The zero-order valence-electron chi connectivity index (χ0n) is 11.2. The van der Waals surface area contributed by atoms with Gasteiger partial charge < -0.3 is 14.8 Å². The van der Waals surface area contributed by atoms with Crippen LogP contribution in [0.5, 0.6) is 0 Å². The lowest BCUT2D eigenvalue weighted by Gasteiger charge is -2.22. The maximum absolute atomic E-state index is 5.56. The van der Waals surface area contributed by atoms with Crippen LogP contribution in [0.15, 0.2) is 36.5 Å². The van der Waals surface area contributed by atoms with Crippen LogP contribution in [0.2, 0.25) is 0 Å². The summed E-state index contributed by atoms with van der Waals surface area (Å²) in [5.41, 5.74) is 1.87. The van der Waals surface area contributed by atoms with Gasteiger partial charge >= 0.3 is 0 Å². The van der Waals surface area contributed by atoms with Gasteiger partial charge in [-0.05, 0) is 12.1 Å². The maximum Gasteiger partial charge on any atom is 0.0969 e. The van der Waals surface area contributed by atoms with E-state index in [0.717, 1.165) is 17.9 Å². The van der Waals surface area contributed by atoms with Gasteiger partial charge in [-0.2, -0.15) is 15.0 Å². The van der Waals surface area contributed by atoms with Gasteiger partial charge in [-0.3, -0.25) is 0 Å². The Hall–Kier alpha value is -1.76. The first-order valence-electron chi connectivity index (χ1n) is 6.78. The molecular formula is C14H18N4O2. The van der Waals surface area contributed by atoms with Crippen LogP contribution in [0.4, 0.5) is 0 Å². The summed E-state index contributed by atoms with van der Waals surface area (Å²) in [4.78, 5) is 1.64. The predicted octanol–water partition coefficient (Wildman–Crippen LogP) is 0.772. The summed E-state index contributed by atoms with van der Waals surface area (Å²) in [6, 6.07) is 9.87. The van der Waals surface area contributed by atoms with Crippen LogP contribution in [-0.4, -0.2) is 47.5 Å². The number of ether oxygens (including phenoxy) is 2. The molecule has 6 heteroatoms. The fourth-order valence-corrected chi connectivity index (χ4v) is 2.08. The number of benzene rings is 1. The van der Waals surface area contributed by atoms with Crippen LogP contribution < -0.4 is 5.32 Å². The molecule has 1 saturated heterocycles. The number of nitrogens with zero attached hydrogens (tertiary/aromatic N) is 3. The molecule has 0 spiro atoms. The Morgan fingerprint density at radius 3 is 2.95 bits per heavy atom. The lowest BCUT2D eigenvalue weighted by molar-refractivity contribution is -0.0864. The van der Waals surface area contributed by atoms with Gasteiger partial charge in [0.1, 0.15) is 0 Å². The van der Waals surface area contributed by atoms with Crippen LogP contribution >= 0.6 is 0 Å². The highest BCUT2D eigenvalue weighted by atomic mass is 16.6. The number of aromatic nitrogens is 3. The van der Waals surface area contributed by atoms with E-state index in [-0.39, 0.29) is 6.10 Å². The van der Waals surface area contributed by atoms with E-state index in [1.807, 2.05) is 30.3 Å². The third kappa shape index (κ3) is 3.41. The highest BCUT2D eigenvalue weighted by Crippen LogP contribution is 2.04. The molecule has 0 radical (unpaired) electrons. The smallest absolute Gasteiger partial charge is 0.0969 e. The molecule has 2 aromatic rings. The Morgan fingerprint density at radius 2 is 2.15 bits per heavy atom. The quantitative estimate of drug-likeness (QED) is 0.872. The van der Waals surface area contributed by atoms with Gasteiger partial charge in [0.05, 0.1) is 43.5 Å². The molecule has 0 amide bonds. The molecular weight excluding hydrogens is 256 g/mol. The minimum absolute atomic E-state index is 0.132. The number of para-hydroxylation sites is 1. The monoisotopic (exact) mass is 274 g/mol. The molecule has 1 aliphatic heterocycles. The van der Waals surface area contributed by atoms with Crippen LogP contribution in [0.3, 0.4) is 0 Å². The largest absolute Gasteiger partial charge is 0.376 e. The van der Waals surface area contributed by atoms with Crippen molar-refractivity contribution >= 4 is 0 Å². The fraction of sp³-hybridized carbons (Fsp3) is 0.429. The van der Waals surface area contributed by atoms with Gasteiger partial charge in [-0.1, -0.05) is 18.2 Å². The average Bonchev–Trinajstić information content (AvgIpc) is 2.98. The lowest BCUT2D eigenvalue weighted by Crippen LogP contribution is -2.37. The minimum Gasteiger partial charge on any atom is -0.376 e. The molecule has 1 N–H and O–H groups in total. The Labute approximate surface area is 117 Å². The molecule has 1 aromatic heterocycles. The predicted molar refractivity (Wildman–Crippen MR) is 73.6 cm³/mol. The number of rotatable bonds is 5. The summed E-state index contributed by atoms with van der Waals surface area (Å²) in [5, 5.41) is 12.0. The molecule has 0 bridgehead atoms. The molecule has 2 heterocycles. The molecule has 1 fully saturated rings. The molecule has 3 rings (SSSR count). The molecule has 106 valence electrons. The third-order valence-electron chi connectivity index (χ3n) is 3.09. The molecule has 20 heavy (non-hydrogen) atoms. The second kappa shape index (κ2) is 6.60. The summed E-state index contributed by atoms with van der Waals surface area (Å²) >= 11 is 0. The van der Waals surface area contributed by atoms with Crippen LogP contribution in [-0.2, 0) is 16.0 Å². The van der Waals surface area contributed by atoms with Crippen LogP contribution in [0.1, 0.15) is 5.69 Å². The van der Waals surface area contributed by atoms with Crippen molar-refractivity contribution in [1.29, 1.82) is 0 Å². The summed E-state index contributed by atoms with van der Waals surface area (Å²) < 4.78 is 10.9. The highest BCUT2D eigenvalue weighted by Gasteiger charge is 2.13. The lowest BCUT2D eigenvalue weighted by atomic mass is 10.3. The van der Waals surface area contributed by atoms with Gasteiger partial charge in [0.2, 0.25) is 0 Å². The molecule has 1 aliphatic rings. The zero-order chi connectivity index (χ0) is 13.6. The highest BCUT2D eigenvalue weighted by molar-refractivity contribution is 5.28. The molecule has 1 unspecified atom stereocenters. The standard InChI is InChI=1S/C14H18N4O2/c1-2-4-13(5-3-1)18-16-9-12(17-18)8-15-10-14-11-19-6-7-20-14/h1-5,9,14-15H,6-8,10-11H2. The molecule has 0 aliphatic carbocycles. The SMILES string of the molecule is c1ccc(-n2ncc(CNCC3COCCO3)n2)cc1. The summed E-state index contributed by atoms with van der Waals surface area (Å²) in [7, 11) is 0. The van der Waals surface area contributed by atoms with Gasteiger partial charge in [0.15, 0.2) is 0 Å². The van der Waals surface area contributed by atoms with E-state index in [9.17, 15) is 0 Å². The Balaban J connectivity index is 1.50. The van der Waals surface area contributed by atoms with Crippen LogP contribution in [0, 0.1) is 0 Å². The number of nitrogens with one attached hydrogen (secondary N) is 1. The topological polar surface area (TPSA) is 61.2 Å². The molecule has 1 aromatic carbocycles. The van der Waals surface area contributed by atoms with Crippen LogP contribution in [0.25, 0.3) is 5.69 Å². The summed E-state index contributed by atoms with van der Waals surface area (Å²) in [6.45, 7) is 3.47. The van der Waals surface area contributed by atoms with Gasteiger partial charge in [0.25, 0.3) is 0 Å². The van der Waals surface area contributed by atoms with E-state index in [1.165, 1.54) is 0 Å². The van der Waals surface area contributed by atoms with Crippen molar-refractivity contribution in [3.05, 3.63) is 42.2 Å². The summed E-state index contributed by atoms with van der Waals surface area (Å²) in [6.07, 6.45) is 1.91. The first-order valence-corrected chi connectivity index (χ1v) is 6.78. The van der Waals surface area contributed by atoms with Crippen molar-refractivity contribution in [1.82, 2.24) is 20.3 Å². The van der Waals surface area contributed by atoms with E-state index < -0.39 is 0 Å². The average molecular weight is 274 g/mol. The fourth-order valence-electron chi connectivity index (χ4n) is 2.08. The van der Waals surface area contributed by atoms with Crippen molar-refractivity contribution in [3.63, 3.8) is 0 Å². The van der Waals surface area contributed by atoms with Gasteiger partial charge in [-0.25, -0.2) is 0 Å². The van der Waals surface area contributed by atoms with Gasteiger partial charge in [-0.15, -0.1) is 0 Å². The second-order valence-electron chi connectivity index (χ2n) is 4.66. The normalized spacial score (nSPS) is 19.1. The van der Waals surface area contributed by atoms with E-state index in [1.54, 1.807) is 11.0 Å². The van der Waals surface area contributed by atoms with Crippen molar-refractivity contribution in [2.45, 2.75) is 12.6 Å². The Morgan fingerprint density at radius 1 is 1.25 bits per heavy atom. The van der Waals surface area contributed by atoms with Crippen molar-refractivity contribution < 1.29 is 9.47 Å². The van der Waals surface area contributed by atoms with E-state index in [4.69, 9.17) is 9.47 Å². The number of hydrogen-bond acceptors (Lipinski definition) is 5. The van der Waals surface area contributed by atoms with Crippen molar-refractivity contribution in [2.75, 3.05) is 26.4 Å². The third-order valence-corrected chi connectivity index (χ3v) is 3.09. The second-order valence-corrected chi connectivity index (χ2v) is 4.66. The van der Waals surface area contributed by atoms with Gasteiger partial charge in [0, 0.05) is 13.1 Å². The Bertz CT molecular complexity index is 523. The zero-order valence-corrected chi connectivity index (χ0v) is 11.2. The minimum atomic E-state index is 0.132. The molecule has 1 atom stereocenters. The number of hydrogen-bond donors (Lipinski definition) is 1. The first-order chi connectivity index (χ1) is 9.92.